The molecule has 0 fully saturated rings. The zero-order valence-corrected chi connectivity index (χ0v) is 52.3. The molecule has 5 atom stereocenters. The van der Waals surface area contributed by atoms with E-state index in [9.17, 15) is 43.2 Å². The van der Waals surface area contributed by atoms with E-state index in [0.29, 0.717) is 25.7 Å². The first-order valence-electron chi connectivity index (χ1n) is 31.6. The third-order valence-electron chi connectivity index (χ3n) is 13.8. The Labute approximate surface area is 479 Å². The number of phosphoric ester groups is 2. The number of phosphoric acid groups is 2. The Morgan fingerprint density at radius 1 is 0.342 bits per heavy atom. The number of carbonyl (C=O) groups is 4. The second-order valence-corrected chi connectivity index (χ2v) is 25.1. The second-order valence-electron chi connectivity index (χ2n) is 22.2. The van der Waals surface area contributed by atoms with Crippen molar-refractivity contribution >= 4 is 39.5 Å². The van der Waals surface area contributed by atoms with Crippen molar-refractivity contribution in [1.82, 2.24) is 0 Å². The van der Waals surface area contributed by atoms with Crippen LogP contribution in [0.2, 0.25) is 0 Å². The highest BCUT2D eigenvalue weighted by molar-refractivity contribution is 7.47. The van der Waals surface area contributed by atoms with Crippen LogP contribution in [0.4, 0.5) is 0 Å². The van der Waals surface area contributed by atoms with Gasteiger partial charge in [0.2, 0.25) is 0 Å². The monoisotopic (exact) mass is 1170 g/mol. The highest BCUT2D eigenvalue weighted by Gasteiger charge is 2.30. The van der Waals surface area contributed by atoms with Gasteiger partial charge in [-0.2, -0.15) is 0 Å². The second kappa shape index (κ2) is 54.0. The van der Waals surface area contributed by atoms with Gasteiger partial charge in [-0.05, 0) is 31.6 Å². The lowest BCUT2D eigenvalue weighted by molar-refractivity contribution is -0.161. The predicted octanol–water partition coefficient (Wildman–Crippen LogP) is 16.2. The fourth-order valence-electron chi connectivity index (χ4n) is 8.88. The van der Waals surface area contributed by atoms with Crippen LogP contribution in [-0.2, 0) is 65.4 Å². The Morgan fingerprint density at radius 2 is 0.582 bits per heavy atom. The molecule has 0 aromatic heterocycles. The Balaban J connectivity index is 5.21. The Morgan fingerprint density at radius 3 is 0.861 bits per heavy atom. The van der Waals surface area contributed by atoms with E-state index < -0.39 is 97.5 Å². The molecule has 0 rings (SSSR count). The summed E-state index contributed by atoms with van der Waals surface area (Å²) in [6.07, 6.45) is 36.3. The standard InChI is InChI=1S/C60H116O17P2/c1-6-9-12-15-18-20-21-25-29-34-39-44-58(63)71-50-56(77-60(65)46-41-36-31-26-22-24-28-32-37-42-53(4)5)52-75-79(68,69)73-48-54(61)47-72-78(66,67)74-51-55(49-70-57(62)43-38-33-27-17-14-11-8-3)76-59(64)45-40-35-30-23-19-16-13-10-7-2/h53-56,61H,6-52H2,1-5H3,(H,66,67)(H,68,69)/t54-,55+,56+/m0/s1. The van der Waals surface area contributed by atoms with Crippen LogP contribution in [-0.4, -0.2) is 96.7 Å². The van der Waals surface area contributed by atoms with Crippen LogP contribution in [0, 0.1) is 5.92 Å². The quantitative estimate of drug-likeness (QED) is 0.0222. The molecule has 0 aromatic carbocycles. The molecule has 0 bridgehead atoms. The lowest BCUT2D eigenvalue weighted by Gasteiger charge is -2.21. The SMILES string of the molecule is CCCCCCCCCCCCCC(=O)OC[C@H](COP(=O)(O)OC[C@@H](O)COP(=O)(O)OC[C@@H](COC(=O)CCCCCCCCC)OC(=O)CCCCCCCCCCC)OC(=O)CCCCCCCCCCCC(C)C. The summed E-state index contributed by atoms with van der Waals surface area (Å²) < 4.78 is 67.7. The van der Waals surface area contributed by atoms with E-state index >= 15 is 0 Å². The topological polar surface area (TPSA) is 237 Å². The highest BCUT2D eigenvalue weighted by atomic mass is 31.2. The number of unbranched alkanes of at least 4 members (excludes halogenated alkanes) is 32. The lowest BCUT2D eigenvalue weighted by Crippen LogP contribution is -2.30. The van der Waals surface area contributed by atoms with Gasteiger partial charge in [-0.15, -0.1) is 0 Å². The maximum atomic E-state index is 12.9. The van der Waals surface area contributed by atoms with Crippen LogP contribution in [0.3, 0.4) is 0 Å². The maximum absolute atomic E-state index is 12.9. The molecule has 3 N–H and O–H groups in total. The molecule has 0 spiro atoms. The molecule has 2 unspecified atom stereocenters. The number of esters is 4. The molecule has 0 saturated carbocycles. The van der Waals surface area contributed by atoms with Crippen molar-refractivity contribution in [1.29, 1.82) is 0 Å². The van der Waals surface area contributed by atoms with Crippen LogP contribution < -0.4 is 0 Å². The van der Waals surface area contributed by atoms with E-state index in [0.717, 1.165) is 109 Å². The molecule has 0 aliphatic rings. The molecule has 0 radical (unpaired) electrons. The van der Waals surface area contributed by atoms with Gasteiger partial charge in [-0.25, -0.2) is 9.13 Å². The Bertz CT molecular complexity index is 1550. The molecule has 468 valence electrons. The molecule has 0 saturated heterocycles. The average Bonchev–Trinajstić information content (AvgIpc) is 3.41. The summed E-state index contributed by atoms with van der Waals surface area (Å²) in [5.74, 6) is -1.41. The Kier molecular flexibility index (Phi) is 52.7. The summed E-state index contributed by atoms with van der Waals surface area (Å²) in [4.78, 5) is 71.9. The summed E-state index contributed by atoms with van der Waals surface area (Å²) in [7, 11) is -9.87. The normalized spacial score (nSPS) is 14.3. The minimum atomic E-state index is -4.94. The highest BCUT2D eigenvalue weighted by Crippen LogP contribution is 2.45. The van der Waals surface area contributed by atoms with Gasteiger partial charge in [0.25, 0.3) is 0 Å². The maximum Gasteiger partial charge on any atom is 0.472 e. The minimum absolute atomic E-state index is 0.105. The number of rotatable bonds is 60. The largest absolute Gasteiger partial charge is 0.472 e. The summed E-state index contributed by atoms with van der Waals surface area (Å²) >= 11 is 0. The van der Waals surface area contributed by atoms with Crippen LogP contribution in [0.15, 0.2) is 0 Å². The summed E-state index contributed by atoms with van der Waals surface area (Å²) in [5.41, 5.74) is 0. The van der Waals surface area contributed by atoms with Crippen molar-refractivity contribution in [2.45, 2.75) is 316 Å². The van der Waals surface area contributed by atoms with Gasteiger partial charge >= 0.3 is 39.5 Å². The number of aliphatic hydroxyl groups is 1. The molecule has 79 heavy (non-hydrogen) atoms. The van der Waals surface area contributed by atoms with E-state index in [2.05, 4.69) is 34.6 Å². The van der Waals surface area contributed by atoms with Crippen molar-refractivity contribution in [2.75, 3.05) is 39.6 Å². The van der Waals surface area contributed by atoms with Crippen LogP contribution in [0.25, 0.3) is 0 Å². The van der Waals surface area contributed by atoms with E-state index in [1.807, 2.05) is 0 Å². The summed E-state index contributed by atoms with van der Waals surface area (Å²) in [6.45, 7) is 7.08. The smallest absolute Gasteiger partial charge is 0.462 e. The number of aliphatic hydroxyl groups excluding tert-OH is 1. The van der Waals surface area contributed by atoms with Gasteiger partial charge in [0.15, 0.2) is 12.2 Å². The molecular weight excluding hydrogens is 1050 g/mol. The number of ether oxygens (including phenoxy) is 4. The minimum Gasteiger partial charge on any atom is -0.462 e. The van der Waals surface area contributed by atoms with Crippen molar-refractivity contribution in [3.63, 3.8) is 0 Å². The van der Waals surface area contributed by atoms with E-state index in [4.69, 9.17) is 37.0 Å². The van der Waals surface area contributed by atoms with Crippen molar-refractivity contribution in [3.8, 4) is 0 Å². The lowest BCUT2D eigenvalue weighted by atomic mass is 10.0. The van der Waals surface area contributed by atoms with Gasteiger partial charge in [0.1, 0.15) is 19.3 Å². The van der Waals surface area contributed by atoms with Gasteiger partial charge in [-0.3, -0.25) is 37.3 Å². The first-order valence-corrected chi connectivity index (χ1v) is 34.6. The van der Waals surface area contributed by atoms with Gasteiger partial charge in [0.05, 0.1) is 26.4 Å². The molecule has 0 aliphatic heterocycles. The van der Waals surface area contributed by atoms with E-state index in [-0.39, 0.29) is 25.7 Å². The first-order chi connectivity index (χ1) is 38.0. The predicted molar refractivity (Wildman–Crippen MR) is 312 cm³/mol. The van der Waals surface area contributed by atoms with Crippen LogP contribution in [0.1, 0.15) is 298 Å². The van der Waals surface area contributed by atoms with Crippen molar-refractivity contribution in [3.05, 3.63) is 0 Å². The number of hydrogen-bond donors (Lipinski definition) is 3. The van der Waals surface area contributed by atoms with Gasteiger partial charge in [0, 0.05) is 25.7 Å². The number of carbonyl (C=O) groups excluding carboxylic acids is 4. The molecule has 0 amide bonds. The molecule has 0 heterocycles. The molecule has 0 aromatic rings. The van der Waals surface area contributed by atoms with E-state index in [1.165, 1.54) is 109 Å². The van der Waals surface area contributed by atoms with Gasteiger partial charge < -0.3 is 33.8 Å². The first kappa shape index (κ1) is 77.1. The Hall–Kier alpha value is -1.94. The van der Waals surface area contributed by atoms with E-state index in [1.54, 1.807) is 0 Å². The van der Waals surface area contributed by atoms with Crippen LogP contribution in [0.5, 0.6) is 0 Å². The summed E-state index contributed by atoms with van der Waals surface area (Å²) in [6, 6.07) is 0. The van der Waals surface area contributed by atoms with Crippen molar-refractivity contribution in [2.24, 2.45) is 5.92 Å². The molecule has 0 aliphatic carbocycles. The molecular formula is C60H116O17P2. The zero-order valence-electron chi connectivity index (χ0n) is 50.5. The summed E-state index contributed by atoms with van der Waals surface area (Å²) in [5, 5.41) is 10.5. The molecule has 19 heteroatoms. The third kappa shape index (κ3) is 55.0. The average molecular weight is 1170 g/mol. The van der Waals surface area contributed by atoms with Gasteiger partial charge in [-0.1, -0.05) is 247 Å². The van der Waals surface area contributed by atoms with Crippen LogP contribution >= 0.6 is 15.6 Å². The van der Waals surface area contributed by atoms with Crippen molar-refractivity contribution < 1.29 is 80.2 Å². The zero-order chi connectivity index (χ0) is 58.5. The third-order valence-corrected chi connectivity index (χ3v) is 15.7. The number of hydrogen-bond acceptors (Lipinski definition) is 15. The fourth-order valence-corrected chi connectivity index (χ4v) is 10.5. The fraction of sp³-hybridized carbons (Fsp3) is 0.933. The molecule has 17 nitrogen and oxygen atoms in total.